The zero-order chi connectivity index (χ0) is 23.8. The number of carbonyl (C=O) groups excluding carboxylic acids is 1. The number of aromatic nitrogens is 2. The molecule has 2 aromatic heterocycles. The van der Waals surface area contributed by atoms with Gasteiger partial charge in [-0.25, -0.2) is 9.99 Å². The number of benzene rings is 2. The maximum Gasteiger partial charge on any atom is 0.271 e. The predicted octanol–water partition coefficient (Wildman–Crippen LogP) is 3.58. The van der Waals surface area contributed by atoms with Gasteiger partial charge >= 0.3 is 0 Å². The SMILES string of the molecule is Cc1ccc(C2=NN(C(=O)Cn3cnc4cc([N+](=O)[O-])ccc4c3=O)C(c3ccco3)C2)cc1. The number of rotatable bonds is 5. The van der Waals surface area contributed by atoms with Crippen molar-refractivity contribution in [2.75, 3.05) is 0 Å². The van der Waals surface area contributed by atoms with Gasteiger partial charge in [-0.15, -0.1) is 0 Å². The minimum absolute atomic E-state index is 0.162. The number of aryl methyl sites for hydroxylation is 1. The second kappa shape index (κ2) is 8.39. The fraction of sp³-hybridized carbons (Fsp3) is 0.167. The molecule has 10 nitrogen and oxygen atoms in total. The molecule has 1 amide bonds. The van der Waals surface area contributed by atoms with E-state index < -0.39 is 22.4 Å². The summed E-state index contributed by atoms with van der Waals surface area (Å²) in [7, 11) is 0. The Morgan fingerprint density at radius 3 is 2.71 bits per heavy atom. The van der Waals surface area contributed by atoms with E-state index in [2.05, 4.69) is 10.1 Å². The van der Waals surface area contributed by atoms with E-state index in [1.54, 1.807) is 18.4 Å². The number of hydrogen-bond donors (Lipinski definition) is 0. The van der Waals surface area contributed by atoms with Gasteiger partial charge in [0.2, 0.25) is 0 Å². The minimum atomic E-state index is -0.554. The lowest BCUT2D eigenvalue weighted by atomic mass is 10.0. The van der Waals surface area contributed by atoms with Crippen molar-refractivity contribution in [2.24, 2.45) is 5.10 Å². The van der Waals surface area contributed by atoms with E-state index >= 15 is 0 Å². The highest BCUT2D eigenvalue weighted by molar-refractivity contribution is 6.03. The van der Waals surface area contributed by atoms with Crippen LogP contribution in [0.1, 0.15) is 29.3 Å². The highest BCUT2D eigenvalue weighted by Crippen LogP contribution is 2.33. The van der Waals surface area contributed by atoms with Crippen LogP contribution in [0, 0.1) is 17.0 Å². The Labute approximate surface area is 192 Å². The Balaban J connectivity index is 1.47. The van der Waals surface area contributed by atoms with E-state index in [0.29, 0.717) is 12.2 Å². The van der Waals surface area contributed by atoms with Crippen molar-refractivity contribution in [1.29, 1.82) is 0 Å². The van der Waals surface area contributed by atoms with Crippen LogP contribution in [-0.4, -0.2) is 31.1 Å². The van der Waals surface area contributed by atoms with Crippen LogP contribution in [0.3, 0.4) is 0 Å². The first-order chi connectivity index (χ1) is 16.4. The normalized spacial score (nSPS) is 15.5. The number of hydrazone groups is 1. The molecule has 1 atom stereocenters. The van der Waals surface area contributed by atoms with Gasteiger partial charge < -0.3 is 4.42 Å². The van der Waals surface area contributed by atoms with Crippen molar-refractivity contribution in [1.82, 2.24) is 14.6 Å². The number of nitro groups is 1. The van der Waals surface area contributed by atoms with E-state index in [-0.39, 0.29) is 23.1 Å². The summed E-state index contributed by atoms with van der Waals surface area (Å²) in [6, 6.07) is 14.8. The fourth-order valence-electron chi connectivity index (χ4n) is 3.95. The van der Waals surface area contributed by atoms with Crippen molar-refractivity contribution in [3.63, 3.8) is 0 Å². The third kappa shape index (κ3) is 3.85. The first-order valence-electron chi connectivity index (χ1n) is 10.5. The average Bonchev–Trinajstić information content (AvgIpc) is 3.51. The van der Waals surface area contributed by atoms with Gasteiger partial charge in [0.15, 0.2) is 0 Å². The van der Waals surface area contributed by atoms with Crippen molar-refractivity contribution in [2.45, 2.75) is 25.9 Å². The highest BCUT2D eigenvalue weighted by atomic mass is 16.6. The standard InChI is InChI=1S/C24H19N5O5/c1-15-4-6-16(7-5-15)19-12-21(22-3-2-10-34-22)28(26-19)23(30)13-27-14-25-20-11-17(29(32)33)8-9-18(20)24(27)31/h2-11,14,21H,12-13H2,1H3. The predicted molar refractivity (Wildman–Crippen MR) is 123 cm³/mol. The third-order valence-corrected chi connectivity index (χ3v) is 5.75. The van der Waals surface area contributed by atoms with Crippen LogP contribution in [-0.2, 0) is 11.3 Å². The summed E-state index contributed by atoms with van der Waals surface area (Å²) in [5, 5.41) is 17.1. The molecule has 0 radical (unpaired) electrons. The first kappa shape index (κ1) is 21.3. The summed E-state index contributed by atoms with van der Waals surface area (Å²) >= 11 is 0. The molecule has 0 aliphatic carbocycles. The molecule has 3 heterocycles. The van der Waals surface area contributed by atoms with Crippen LogP contribution in [0.5, 0.6) is 0 Å². The summed E-state index contributed by atoms with van der Waals surface area (Å²) in [6.07, 6.45) is 3.23. The van der Waals surface area contributed by atoms with E-state index in [4.69, 9.17) is 4.42 Å². The average molecular weight is 457 g/mol. The lowest BCUT2D eigenvalue weighted by Gasteiger charge is -2.20. The van der Waals surface area contributed by atoms with Crippen molar-refractivity contribution in [3.8, 4) is 0 Å². The molecule has 5 rings (SSSR count). The summed E-state index contributed by atoms with van der Waals surface area (Å²) < 4.78 is 6.74. The van der Waals surface area contributed by atoms with Gasteiger partial charge in [-0.2, -0.15) is 5.10 Å². The third-order valence-electron chi connectivity index (χ3n) is 5.75. The van der Waals surface area contributed by atoms with Gasteiger partial charge in [0, 0.05) is 18.6 Å². The molecule has 0 N–H and O–H groups in total. The van der Waals surface area contributed by atoms with E-state index in [1.807, 2.05) is 31.2 Å². The molecule has 170 valence electrons. The second-order valence-electron chi connectivity index (χ2n) is 8.02. The van der Waals surface area contributed by atoms with Gasteiger partial charge in [-0.3, -0.25) is 24.3 Å². The van der Waals surface area contributed by atoms with Crippen molar-refractivity contribution < 1.29 is 14.1 Å². The maximum absolute atomic E-state index is 13.3. The molecular formula is C24H19N5O5. The number of nitrogens with zero attached hydrogens (tertiary/aromatic N) is 5. The topological polar surface area (TPSA) is 124 Å². The Bertz CT molecular complexity index is 1490. The molecule has 0 saturated heterocycles. The van der Waals surface area contributed by atoms with Gasteiger partial charge in [0.1, 0.15) is 18.3 Å². The van der Waals surface area contributed by atoms with E-state index in [1.165, 1.54) is 34.1 Å². The molecule has 1 unspecified atom stereocenters. The van der Waals surface area contributed by atoms with E-state index in [9.17, 15) is 19.7 Å². The Morgan fingerprint density at radius 2 is 2.00 bits per heavy atom. The van der Waals surface area contributed by atoms with Crippen molar-refractivity contribution in [3.05, 3.63) is 105 Å². The van der Waals surface area contributed by atoms with Crippen molar-refractivity contribution >= 4 is 28.2 Å². The number of amides is 1. The summed E-state index contributed by atoms with van der Waals surface area (Å²) in [5.41, 5.74) is 2.33. The largest absolute Gasteiger partial charge is 0.467 e. The molecule has 2 aromatic carbocycles. The quantitative estimate of drug-likeness (QED) is 0.333. The van der Waals surface area contributed by atoms with Crippen LogP contribution < -0.4 is 5.56 Å². The summed E-state index contributed by atoms with van der Waals surface area (Å²) in [6.45, 7) is 1.70. The number of furan rings is 1. The van der Waals surface area contributed by atoms with Gasteiger partial charge in [0.05, 0.1) is 34.1 Å². The molecule has 0 fully saturated rings. The first-order valence-corrected chi connectivity index (χ1v) is 10.5. The lowest BCUT2D eigenvalue weighted by molar-refractivity contribution is -0.384. The molecular weight excluding hydrogens is 438 g/mol. The Hall–Kier alpha value is -4.60. The molecule has 0 saturated carbocycles. The molecule has 10 heteroatoms. The second-order valence-corrected chi connectivity index (χ2v) is 8.02. The molecule has 1 aliphatic heterocycles. The monoisotopic (exact) mass is 457 g/mol. The van der Waals surface area contributed by atoms with E-state index in [0.717, 1.165) is 16.8 Å². The summed E-state index contributed by atoms with van der Waals surface area (Å²) in [5.74, 6) is 0.184. The highest BCUT2D eigenvalue weighted by Gasteiger charge is 2.35. The number of carbonyl (C=O) groups is 1. The molecule has 0 spiro atoms. The number of fused-ring (bicyclic) bond motifs is 1. The number of non-ortho nitro benzene ring substituents is 1. The molecule has 34 heavy (non-hydrogen) atoms. The Morgan fingerprint density at radius 1 is 1.21 bits per heavy atom. The van der Waals surface area contributed by atoms with Crippen LogP contribution in [0.25, 0.3) is 10.9 Å². The van der Waals surface area contributed by atoms with Gasteiger partial charge in [0.25, 0.3) is 17.2 Å². The lowest BCUT2D eigenvalue weighted by Crippen LogP contribution is -2.34. The van der Waals surface area contributed by atoms with Crippen LogP contribution in [0.15, 0.2) is 81.5 Å². The number of nitro benzene ring substituents is 1. The zero-order valence-electron chi connectivity index (χ0n) is 18.1. The minimum Gasteiger partial charge on any atom is -0.467 e. The molecule has 1 aliphatic rings. The smallest absolute Gasteiger partial charge is 0.271 e. The number of hydrogen-bond acceptors (Lipinski definition) is 7. The Kier molecular flexibility index (Phi) is 5.25. The molecule has 4 aromatic rings. The van der Waals surface area contributed by atoms with Gasteiger partial charge in [-0.1, -0.05) is 29.8 Å². The van der Waals surface area contributed by atoms with Gasteiger partial charge in [-0.05, 0) is 30.7 Å². The van der Waals surface area contributed by atoms with Crippen LogP contribution >= 0.6 is 0 Å². The van der Waals surface area contributed by atoms with Crippen LogP contribution in [0.2, 0.25) is 0 Å². The molecule has 0 bridgehead atoms. The zero-order valence-corrected chi connectivity index (χ0v) is 18.1. The summed E-state index contributed by atoms with van der Waals surface area (Å²) in [4.78, 5) is 40.8. The van der Waals surface area contributed by atoms with Crippen LogP contribution in [0.4, 0.5) is 5.69 Å². The maximum atomic E-state index is 13.3. The fourth-order valence-corrected chi connectivity index (χ4v) is 3.95.